The molecule has 1 nitrogen and oxygen atoms in total. The fraction of sp³-hybridized carbons (Fsp3) is 0.750. The van der Waals surface area contributed by atoms with Crippen LogP contribution in [0.2, 0.25) is 0 Å². The molecule has 0 aromatic heterocycles. The lowest BCUT2D eigenvalue weighted by atomic mass is 9.88. The molecule has 9 heavy (non-hydrogen) atoms. The summed E-state index contributed by atoms with van der Waals surface area (Å²) in [5, 5.41) is 0. The molecule has 1 rings (SSSR count). The van der Waals surface area contributed by atoms with Crippen LogP contribution in [-0.2, 0) is 4.74 Å². The summed E-state index contributed by atoms with van der Waals surface area (Å²) in [7, 11) is 0. The average Bonchev–Trinajstić information content (AvgIpc) is 2.08. The summed E-state index contributed by atoms with van der Waals surface area (Å²) in [5.41, 5.74) is 0.295. The van der Waals surface area contributed by atoms with Crippen molar-refractivity contribution in [2.75, 3.05) is 0 Å². The molecule has 0 amide bonds. The molecule has 0 bridgehead atoms. The summed E-state index contributed by atoms with van der Waals surface area (Å²) >= 11 is 0. The predicted octanol–water partition coefficient (Wildman–Crippen LogP) is 2.34. The maximum atomic E-state index is 5.34. The van der Waals surface area contributed by atoms with Crippen LogP contribution in [0.25, 0.3) is 0 Å². The summed E-state index contributed by atoms with van der Waals surface area (Å²) < 4.78 is 5.34. The van der Waals surface area contributed by atoms with E-state index >= 15 is 0 Å². The van der Waals surface area contributed by atoms with E-state index in [1.165, 1.54) is 0 Å². The Morgan fingerprint density at radius 1 is 1.44 bits per heavy atom. The van der Waals surface area contributed by atoms with Gasteiger partial charge < -0.3 is 4.74 Å². The lowest BCUT2D eigenvalue weighted by Gasteiger charge is -2.25. The first-order valence-corrected chi connectivity index (χ1v) is 3.41. The van der Waals surface area contributed by atoms with E-state index in [-0.39, 0.29) is 0 Å². The van der Waals surface area contributed by atoms with Crippen LogP contribution in [0.3, 0.4) is 0 Å². The van der Waals surface area contributed by atoms with Crippen molar-refractivity contribution >= 4 is 0 Å². The fourth-order valence-corrected chi connectivity index (χ4v) is 0.943. The molecule has 0 N–H and O–H groups in total. The lowest BCUT2D eigenvalue weighted by molar-refractivity contribution is 0.0661. The summed E-state index contributed by atoms with van der Waals surface area (Å²) in [6.07, 6.45) is 5.35. The molecule has 0 saturated carbocycles. The van der Waals surface area contributed by atoms with E-state index < -0.39 is 0 Å². The van der Waals surface area contributed by atoms with Crippen molar-refractivity contribution in [3.63, 3.8) is 0 Å². The fourth-order valence-electron chi connectivity index (χ4n) is 0.943. The van der Waals surface area contributed by atoms with Gasteiger partial charge in [0.25, 0.3) is 0 Å². The van der Waals surface area contributed by atoms with Crippen molar-refractivity contribution in [2.24, 2.45) is 5.41 Å². The van der Waals surface area contributed by atoms with Gasteiger partial charge in [0.05, 0.1) is 6.26 Å². The number of ether oxygens (including phenoxy) is 1. The van der Waals surface area contributed by atoms with Gasteiger partial charge in [-0.2, -0.15) is 0 Å². The van der Waals surface area contributed by atoms with Crippen molar-refractivity contribution < 1.29 is 4.74 Å². The highest BCUT2D eigenvalue weighted by Crippen LogP contribution is 2.28. The Balaban J connectivity index is 2.46. The normalized spacial score (nSPS) is 26.3. The highest BCUT2D eigenvalue weighted by atomic mass is 16.5. The summed E-state index contributed by atoms with van der Waals surface area (Å²) in [6, 6.07) is 0. The van der Waals surface area contributed by atoms with E-state index in [0.717, 1.165) is 6.42 Å². The quantitative estimate of drug-likeness (QED) is 0.484. The van der Waals surface area contributed by atoms with Gasteiger partial charge in [0.15, 0.2) is 0 Å². The van der Waals surface area contributed by atoms with Crippen LogP contribution in [0.15, 0.2) is 12.3 Å². The van der Waals surface area contributed by atoms with Crippen molar-refractivity contribution in [3.05, 3.63) is 12.3 Å². The molecule has 0 fully saturated rings. The van der Waals surface area contributed by atoms with E-state index in [2.05, 4.69) is 26.8 Å². The Morgan fingerprint density at radius 2 is 2.11 bits per heavy atom. The van der Waals surface area contributed by atoms with Gasteiger partial charge in [-0.05, 0) is 11.5 Å². The number of hydrogen-bond donors (Lipinski definition) is 0. The zero-order valence-corrected chi connectivity index (χ0v) is 6.35. The standard InChI is InChI=1S/C8H14O/c1-8(2,3)7-5-4-6-9-7/h4,6-7H,5H2,1-3H3. The van der Waals surface area contributed by atoms with E-state index in [1.54, 1.807) is 6.26 Å². The molecule has 0 spiro atoms. The third-order valence-corrected chi connectivity index (χ3v) is 1.66. The number of rotatable bonds is 0. The highest BCUT2D eigenvalue weighted by Gasteiger charge is 2.26. The van der Waals surface area contributed by atoms with Gasteiger partial charge >= 0.3 is 0 Å². The molecule has 1 aliphatic heterocycles. The second-order valence-electron chi connectivity index (χ2n) is 3.60. The van der Waals surface area contributed by atoms with E-state index in [0.29, 0.717) is 11.5 Å². The maximum absolute atomic E-state index is 5.34. The molecule has 1 unspecified atom stereocenters. The van der Waals surface area contributed by atoms with Crippen molar-refractivity contribution in [3.8, 4) is 0 Å². The molecule has 1 atom stereocenters. The topological polar surface area (TPSA) is 9.23 Å². The largest absolute Gasteiger partial charge is 0.497 e. The molecule has 0 aliphatic carbocycles. The average molecular weight is 126 g/mol. The zero-order valence-electron chi connectivity index (χ0n) is 6.35. The highest BCUT2D eigenvalue weighted by molar-refractivity contribution is 4.91. The van der Waals surface area contributed by atoms with Crippen molar-refractivity contribution in [2.45, 2.75) is 33.3 Å². The van der Waals surface area contributed by atoms with Crippen LogP contribution < -0.4 is 0 Å². The first-order chi connectivity index (χ1) is 4.11. The molecule has 0 aromatic rings. The lowest BCUT2D eigenvalue weighted by Crippen LogP contribution is -2.24. The van der Waals surface area contributed by atoms with Crippen LogP contribution >= 0.6 is 0 Å². The van der Waals surface area contributed by atoms with Gasteiger partial charge in [-0.25, -0.2) is 0 Å². The Bertz CT molecular complexity index is 111. The van der Waals surface area contributed by atoms with Gasteiger partial charge in [-0.15, -0.1) is 0 Å². The SMILES string of the molecule is CC(C)(C)C1CC=CO1. The Labute approximate surface area is 56.7 Å². The van der Waals surface area contributed by atoms with Crippen molar-refractivity contribution in [1.29, 1.82) is 0 Å². The van der Waals surface area contributed by atoms with Crippen LogP contribution in [0, 0.1) is 5.41 Å². The molecule has 1 heteroatoms. The molecule has 52 valence electrons. The second kappa shape index (κ2) is 2.05. The van der Waals surface area contributed by atoms with E-state index in [4.69, 9.17) is 4.74 Å². The predicted molar refractivity (Wildman–Crippen MR) is 38.1 cm³/mol. The van der Waals surface area contributed by atoms with Gasteiger partial charge in [0.2, 0.25) is 0 Å². The molecule has 1 aliphatic rings. The first kappa shape index (κ1) is 6.66. The molecule has 0 aromatic carbocycles. The van der Waals surface area contributed by atoms with Gasteiger partial charge in [0, 0.05) is 6.42 Å². The Morgan fingerprint density at radius 3 is 2.33 bits per heavy atom. The first-order valence-electron chi connectivity index (χ1n) is 3.41. The molecule has 0 saturated heterocycles. The van der Waals surface area contributed by atoms with Gasteiger partial charge in [-0.1, -0.05) is 20.8 Å². The minimum atomic E-state index is 0.295. The van der Waals surface area contributed by atoms with Crippen LogP contribution in [0.1, 0.15) is 27.2 Å². The molecule has 1 heterocycles. The molecular formula is C8H14O. The second-order valence-corrected chi connectivity index (χ2v) is 3.60. The molecule has 0 radical (unpaired) electrons. The summed E-state index contributed by atoms with van der Waals surface area (Å²) in [4.78, 5) is 0. The minimum absolute atomic E-state index is 0.295. The third kappa shape index (κ3) is 1.47. The summed E-state index contributed by atoms with van der Waals surface area (Å²) in [6.45, 7) is 6.60. The van der Waals surface area contributed by atoms with Gasteiger partial charge in [0.1, 0.15) is 6.10 Å². The minimum Gasteiger partial charge on any atom is -0.497 e. The zero-order chi connectivity index (χ0) is 6.91. The smallest absolute Gasteiger partial charge is 0.106 e. The third-order valence-electron chi connectivity index (χ3n) is 1.66. The Hall–Kier alpha value is -0.460. The van der Waals surface area contributed by atoms with Crippen LogP contribution in [0.4, 0.5) is 0 Å². The van der Waals surface area contributed by atoms with Gasteiger partial charge in [-0.3, -0.25) is 0 Å². The Kier molecular flexibility index (Phi) is 1.52. The van der Waals surface area contributed by atoms with E-state index in [9.17, 15) is 0 Å². The summed E-state index contributed by atoms with van der Waals surface area (Å²) in [5.74, 6) is 0. The van der Waals surface area contributed by atoms with Crippen LogP contribution in [0.5, 0.6) is 0 Å². The maximum Gasteiger partial charge on any atom is 0.106 e. The van der Waals surface area contributed by atoms with Crippen LogP contribution in [-0.4, -0.2) is 6.10 Å². The monoisotopic (exact) mass is 126 g/mol. The van der Waals surface area contributed by atoms with E-state index in [1.807, 2.05) is 0 Å². The number of hydrogen-bond acceptors (Lipinski definition) is 1. The molecular weight excluding hydrogens is 112 g/mol. The van der Waals surface area contributed by atoms with Crippen molar-refractivity contribution in [1.82, 2.24) is 0 Å².